The summed E-state index contributed by atoms with van der Waals surface area (Å²) in [6, 6.07) is 9.28. The van der Waals surface area contributed by atoms with Gasteiger partial charge < -0.3 is 20.3 Å². The Bertz CT molecular complexity index is 1760. The fraction of sp³-hybridized carbons (Fsp3) is 0.136. The van der Waals surface area contributed by atoms with Gasteiger partial charge in [0.2, 0.25) is 6.30 Å². The van der Waals surface area contributed by atoms with Crippen LogP contribution in [-0.2, 0) is 10.1 Å². The van der Waals surface area contributed by atoms with Gasteiger partial charge >= 0.3 is 35.5 Å². The van der Waals surface area contributed by atoms with E-state index in [1.165, 1.54) is 19.9 Å². The topological polar surface area (TPSA) is 193 Å². The summed E-state index contributed by atoms with van der Waals surface area (Å²) < 4.78 is 65.1. The van der Waals surface area contributed by atoms with Crippen LogP contribution in [0, 0.1) is 13.8 Å². The Kier molecular flexibility index (Phi) is 9.33. The molecule has 0 aliphatic carbocycles. The number of aryl methyl sites for hydroxylation is 1. The van der Waals surface area contributed by atoms with Gasteiger partial charge in [-0.25, -0.2) is 22.3 Å². The second-order valence-electron chi connectivity index (χ2n) is 8.04. The molecule has 4 N–H and O–H groups in total. The van der Waals surface area contributed by atoms with E-state index in [2.05, 4.69) is 25.6 Å². The van der Waals surface area contributed by atoms with Crippen LogP contribution in [0.1, 0.15) is 21.6 Å². The second-order valence-corrected chi connectivity index (χ2v) is 9.76. The third kappa shape index (κ3) is 6.16. The van der Waals surface area contributed by atoms with Crippen LogP contribution in [0.2, 0.25) is 0 Å². The van der Waals surface area contributed by atoms with Crippen LogP contribution < -0.4 is 45.8 Å². The van der Waals surface area contributed by atoms with Gasteiger partial charge in [-0.3, -0.25) is 9.89 Å². The zero-order chi connectivity index (χ0) is 28.6. The molecule has 2 heterocycles. The first-order valence-electron chi connectivity index (χ1n) is 10.8. The number of anilines is 1. The number of aromatic amines is 1. The Hall–Kier alpha value is -3.41. The molecule has 0 saturated carbocycles. The number of hydrogen-bond acceptors (Lipinski definition) is 10. The summed E-state index contributed by atoms with van der Waals surface area (Å²) in [5, 5.41) is 23.4. The number of hydrogen-bond donors (Lipinski definition) is 4. The normalized spacial score (nSPS) is 15.4. The summed E-state index contributed by atoms with van der Waals surface area (Å²) in [6.45, 7) is 2.55. The van der Waals surface area contributed by atoms with Gasteiger partial charge in [-0.2, -0.15) is 9.38 Å². The minimum atomic E-state index is -5.24. The molecular formula is C22H17ClF2N7NaO6S. The molecule has 1 atom stereocenters. The van der Waals surface area contributed by atoms with Crippen molar-refractivity contribution in [2.75, 3.05) is 5.32 Å². The number of halogens is 3. The summed E-state index contributed by atoms with van der Waals surface area (Å²) in [7, 11) is -5.24. The molecule has 40 heavy (non-hydrogen) atoms. The van der Waals surface area contributed by atoms with Gasteiger partial charge in [-0.15, -0.1) is 10.2 Å². The minimum Gasteiger partial charge on any atom is -0.744 e. The Morgan fingerprint density at radius 2 is 1.90 bits per heavy atom. The van der Waals surface area contributed by atoms with E-state index in [9.17, 15) is 36.4 Å². The fourth-order valence-corrected chi connectivity index (χ4v) is 4.74. The van der Waals surface area contributed by atoms with Gasteiger partial charge in [0.15, 0.2) is 11.4 Å². The molecule has 18 heteroatoms. The summed E-state index contributed by atoms with van der Waals surface area (Å²) in [4.78, 5) is 26.8. The molecule has 4 rings (SSSR count). The molecule has 0 saturated heterocycles. The maximum absolute atomic E-state index is 13.9. The number of aliphatic imine (C=N–C) groups is 1. The number of rotatable bonds is 7. The molecule has 1 unspecified atom stereocenters. The molecule has 1 aliphatic rings. The average molecular weight is 604 g/mol. The van der Waals surface area contributed by atoms with E-state index in [0.29, 0.717) is 5.69 Å². The minimum absolute atomic E-state index is 0. The van der Waals surface area contributed by atoms with E-state index < -0.39 is 61.2 Å². The van der Waals surface area contributed by atoms with E-state index in [1.807, 2.05) is 5.32 Å². The molecule has 0 radical (unpaired) electrons. The molecule has 2 aromatic carbocycles. The van der Waals surface area contributed by atoms with Crippen LogP contribution in [0.15, 0.2) is 72.2 Å². The molecule has 3 aromatic rings. The Morgan fingerprint density at radius 3 is 2.50 bits per heavy atom. The fourth-order valence-electron chi connectivity index (χ4n) is 3.66. The first kappa shape index (κ1) is 31.1. The number of nitrogens with one attached hydrogen (secondary N) is 3. The second kappa shape index (κ2) is 12.0. The van der Waals surface area contributed by atoms with E-state index in [1.54, 1.807) is 30.3 Å². The molecule has 0 spiro atoms. The smallest absolute Gasteiger partial charge is 0.744 e. The number of carboxylic acid groups (broad SMARTS) is 1. The first-order chi connectivity index (χ1) is 18.3. The zero-order valence-electron chi connectivity index (χ0n) is 20.9. The number of H-pyrrole nitrogens is 1. The van der Waals surface area contributed by atoms with Crippen LogP contribution in [0.3, 0.4) is 0 Å². The number of aromatic carboxylic acids is 1. The third-order valence-electron chi connectivity index (χ3n) is 5.45. The Labute approximate surface area is 251 Å². The maximum atomic E-state index is 13.9. The largest absolute Gasteiger partial charge is 1.00 e. The number of amidine groups is 1. The van der Waals surface area contributed by atoms with Gasteiger partial charge in [0.05, 0.1) is 22.0 Å². The number of nitrogens with zero attached hydrogens (tertiary/aromatic N) is 4. The van der Waals surface area contributed by atoms with E-state index in [0.717, 1.165) is 4.68 Å². The van der Waals surface area contributed by atoms with Crippen molar-refractivity contribution in [2.45, 2.75) is 25.0 Å². The standard InChI is InChI=1S/C22H18ClF2N7O6S.Na/c1-9-8-12(29-30-15-16(21(34)35)31-32(20(15)33)11-6-4-3-5-7-11)10(2)17(39(36,37)38)14(9)26-19-13(23)18(24)27-22(25)28-19;/h3-8,18,26,31H,1-2H3,(H,27,28)(H,34,35)(H,36,37,38);/q;+1/p-1. The predicted molar refractivity (Wildman–Crippen MR) is 134 cm³/mol. The Morgan fingerprint density at radius 1 is 1.25 bits per heavy atom. The molecule has 0 amide bonds. The number of aromatic nitrogens is 2. The van der Waals surface area contributed by atoms with Crippen molar-refractivity contribution >= 4 is 50.8 Å². The van der Waals surface area contributed by atoms with Gasteiger partial charge in [-0.1, -0.05) is 29.8 Å². The van der Waals surface area contributed by atoms with E-state index >= 15 is 0 Å². The zero-order valence-corrected chi connectivity index (χ0v) is 24.4. The predicted octanol–water partition coefficient (Wildman–Crippen LogP) is 0.848. The van der Waals surface area contributed by atoms with Crippen LogP contribution in [0.25, 0.3) is 5.69 Å². The molecule has 1 aromatic heterocycles. The van der Waals surface area contributed by atoms with Crippen molar-refractivity contribution < 1.29 is 61.2 Å². The summed E-state index contributed by atoms with van der Waals surface area (Å²) >= 11 is 5.82. The first-order valence-corrected chi connectivity index (χ1v) is 12.5. The quantitative estimate of drug-likeness (QED) is 0.132. The van der Waals surface area contributed by atoms with Gasteiger partial charge in [0.1, 0.15) is 21.0 Å². The van der Waals surface area contributed by atoms with Crippen LogP contribution in [0.4, 0.5) is 25.8 Å². The van der Waals surface area contributed by atoms with Gasteiger partial charge in [0, 0.05) is 0 Å². The molecule has 0 fully saturated rings. The van der Waals surface area contributed by atoms with Crippen LogP contribution >= 0.6 is 11.6 Å². The van der Waals surface area contributed by atoms with Crippen molar-refractivity contribution in [3.8, 4) is 5.69 Å². The number of azo groups is 1. The molecule has 0 bridgehead atoms. The van der Waals surface area contributed by atoms with Crippen molar-refractivity contribution in [3.63, 3.8) is 0 Å². The van der Waals surface area contributed by atoms with Crippen LogP contribution in [-0.4, -0.2) is 46.2 Å². The van der Waals surface area contributed by atoms with E-state index in [-0.39, 0.29) is 52.1 Å². The van der Waals surface area contributed by atoms with Crippen LogP contribution in [0.5, 0.6) is 0 Å². The number of benzene rings is 2. The van der Waals surface area contributed by atoms with Gasteiger partial charge in [-0.05, 0) is 43.2 Å². The number of alkyl halides is 1. The SMILES string of the molecule is Cc1cc(N=Nc2c(C(=O)O)[nH]n(-c3ccccc3)c2=O)c(C)c(S(=O)(=O)[O-])c1NC1=C(Cl)C(F)N=C(F)N1.[Na+]. The van der Waals surface area contributed by atoms with Gasteiger partial charge in [0.25, 0.3) is 11.6 Å². The molecule has 1 aliphatic heterocycles. The maximum Gasteiger partial charge on any atom is 1.00 e. The number of carboxylic acids is 1. The summed E-state index contributed by atoms with van der Waals surface area (Å²) in [5.74, 6) is -2.00. The average Bonchev–Trinajstić information content (AvgIpc) is 3.19. The monoisotopic (exact) mass is 603 g/mol. The molecular weight excluding hydrogens is 587 g/mol. The number of para-hydroxylation sites is 1. The summed E-state index contributed by atoms with van der Waals surface area (Å²) in [5.41, 5.74) is -2.50. The van der Waals surface area contributed by atoms with Crippen molar-refractivity contribution in [1.29, 1.82) is 0 Å². The number of carbonyl (C=O) groups is 1. The Balaban J connectivity index is 0.00000441. The van der Waals surface area contributed by atoms with Crippen molar-refractivity contribution in [2.24, 2.45) is 15.2 Å². The van der Waals surface area contributed by atoms with E-state index in [4.69, 9.17) is 11.6 Å². The van der Waals surface area contributed by atoms with Crippen molar-refractivity contribution in [1.82, 2.24) is 15.1 Å². The van der Waals surface area contributed by atoms with Crippen molar-refractivity contribution in [3.05, 3.63) is 74.4 Å². The molecule has 204 valence electrons. The third-order valence-corrected chi connectivity index (χ3v) is 6.83. The molecule has 13 nitrogen and oxygen atoms in total. The summed E-state index contributed by atoms with van der Waals surface area (Å²) in [6.07, 6.45) is -3.62.